The SMILES string of the molecule is CCCCCCCCCC/C=C\C/C=C\CCC(=O)OC(COC(=O)CCCCCCCCCCCCCCCCCC)COP(=O)([O-])OCC[N+](C)(C)C. The van der Waals surface area contributed by atoms with E-state index < -0.39 is 32.5 Å². The zero-order chi connectivity index (χ0) is 40.7. The highest BCUT2D eigenvalue weighted by atomic mass is 31.2. The predicted molar refractivity (Wildman–Crippen MR) is 227 cm³/mol. The van der Waals surface area contributed by atoms with Crippen molar-refractivity contribution >= 4 is 19.8 Å². The van der Waals surface area contributed by atoms with E-state index in [1.54, 1.807) is 0 Å². The normalized spacial score (nSPS) is 13.8. The number of ether oxygens (including phenoxy) is 2. The molecule has 10 heteroatoms. The fraction of sp³-hybridized carbons (Fsp3) is 0.867. The lowest BCUT2D eigenvalue weighted by atomic mass is 10.0. The summed E-state index contributed by atoms with van der Waals surface area (Å²) in [5.41, 5.74) is 0. The van der Waals surface area contributed by atoms with Gasteiger partial charge < -0.3 is 27.9 Å². The third kappa shape index (κ3) is 41.9. The number of esters is 2. The summed E-state index contributed by atoms with van der Waals surface area (Å²) in [5, 5.41) is 0. The van der Waals surface area contributed by atoms with Gasteiger partial charge in [-0.15, -0.1) is 0 Å². The molecule has 0 aromatic carbocycles. The van der Waals surface area contributed by atoms with Crippen molar-refractivity contribution in [3.05, 3.63) is 24.3 Å². The number of hydrogen-bond acceptors (Lipinski definition) is 8. The highest BCUT2D eigenvalue weighted by Gasteiger charge is 2.21. The monoisotopic (exact) mass is 800 g/mol. The Morgan fingerprint density at radius 2 is 1.02 bits per heavy atom. The smallest absolute Gasteiger partial charge is 0.306 e. The summed E-state index contributed by atoms with van der Waals surface area (Å²) in [4.78, 5) is 37.5. The molecule has 0 aromatic rings. The first-order valence-corrected chi connectivity index (χ1v) is 24.0. The third-order valence-electron chi connectivity index (χ3n) is 9.74. The summed E-state index contributed by atoms with van der Waals surface area (Å²) in [7, 11) is 1.14. The van der Waals surface area contributed by atoms with Crippen LogP contribution in [0, 0.1) is 0 Å². The number of quaternary nitrogens is 1. The van der Waals surface area contributed by atoms with Gasteiger partial charge in [-0.2, -0.15) is 0 Å². The van der Waals surface area contributed by atoms with Crippen LogP contribution >= 0.6 is 7.82 Å². The highest BCUT2D eigenvalue weighted by molar-refractivity contribution is 7.45. The molecular formula is C45H86NO8P. The molecule has 0 heterocycles. The van der Waals surface area contributed by atoms with Crippen LogP contribution in [0.4, 0.5) is 0 Å². The first-order chi connectivity index (χ1) is 26.5. The fourth-order valence-electron chi connectivity index (χ4n) is 6.18. The second-order valence-electron chi connectivity index (χ2n) is 16.4. The number of nitrogens with zero attached hydrogens (tertiary/aromatic N) is 1. The Morgan fingerprint density at radius 1 is 0.564 bits per heavy atom. The van der Waals surface area contributed by atoms with Crippen LogP contribution in [0.25, 0.3) is 0 Å². The van der Waals surface area contributed by atoms with Crippen molar-refractivity contribution in [1.29, 1.82) is 0 Å². The van der Waals surface area contributed by atoms with E-state index >= 15 is 0 Å². The van der Waals surface area contributed by atoms with Gasteiger partial charge in [-0.3, -0.25) is 14.2 Å². The standard InChI is InChI=1S/C45H86NO8P/c1-6-8-10-12-14-16-18-20-22-24-25-27-29-31-33-35-37-44(47)51-41-43(42-53-55(49,50)52-40-39-46(3,4)5)54-45(48)38-36-34-32-30-28-26-23-21-19-17-15-13-11-9-7-2/h26,28,32,34,43H,6-25,27,29-31,33,35-42H2,1-5H3/b28-26-,34-32-. The quantitative estimate of drug-likeness (QED) is 0.0198. The molecule has 0 N–H and O–H groups in total. The zero-order valence-electron chi connectivity index (χ0n) is 36.4. The molecule has 9 nitrogen and oxygen atoms in total. The van der Waals surface area contributed by atoms with Gasteiger partial charge in [0, 0.05) is 12.8 Å². The summed E-state index contributed by atoms with van der Waals surface area (Å²) in [6.45, 7) is 4.18. The van der Waals surface area contributed by atoms with Crippen molar-refractivity contribution in [3.8, 4) is 0 Å². The molecule has 2 unspecified atom stereocenters. The van der Waals surface area contributed by atoms with Gasteiger partial charge in [-0.25, -0.2) is 0 Å². The first kappa shape index (κ1) is 53.5. The molecule has 0 fully saturated rings. The highest BCUT2D eigenvalue weighted by Crippen LogP contribution is 2.38. The Hall–Kier alpha value is -1.51. The number of carbonyl (C=O) groups excluding carboxylic acids is 2. The third-order valence-corrected chi connectivity index (χ3v) is 10.7. The van der Waals surface area contributed by atoms with E-state index in [1.165, 1.54) is 135 Å². The second-order valence-corrected chi connectivity index (χ2v) is 17.8. The van der Waals surface area contributed by atoms with E-state index in [2.05, 4.69) is 26.0 Å². The molecule has 0 amide bonds. The molecule has 0 bridgehead atoms. The first-order valence-electron chi connectivity index (χ1n) is 22.5. The van der Waals surface area contributed by atoms with Gasteiger partial charge in [0.1, 0.15) is 19.8 Å². The van der Waals surface area contributed by atoms with E-state index in [4.69, 9.17) is 18.5 Å². The van der Waals surface area contributed by atoms with Crippen molar-refractivity contribution < 1.29 is 42.1 Å². The van der Waals surface area contributed by atoms with Gasteiger partial charge in [-0.05, 0) is 32.1 Å². The van der Waals surface area contributed by atoms with Gasteiger partial charge in [0.05, 0.1) is 27.7 Å². The maximum Gasteiger partial charge on any atom is 0.306 e. The van der Waals surface area contributed by atoms with E-state index in [0.29, 0.717) is 17.4 Å². The van der Waals surface area contributed by atoms with E-state index in [9.17, 15) is 19.0 Å². The number of rotatable bonds is 41. The number of carbonyl (C=O) groups is 2. The molecule has 0 aliphatic rings. The number of likely N-dealkylation sites (N-methyl/N-ethyl adjacent to an activating group) is 1. The molecular weight excluding hydrogens is 713 g/mol. The predicted octanol–water partition coefficient (Wildman–Crippen LogP) is 12.1. The van der Waals surface area contributed by atoms with Crippen LogP contribution in [0.3, 0.4) is 0 Å². The van der Waals surface area contributed by atoms with Crippen molar-refractivity contribution in [2.75, 3.05) is 47.5 Å². The second kappa shape index (κ2) is 38.0. The van der Waals surface area contributed by atoms with Crippen LogP contribution in [0.15, 0.2) is 24.3 Å². The van der Waals surface area contributed by atoms with Crippen LogP contribution in [0.1, 0.15) is 200 Å². The average molecular weight is 800 g/mol. The molecule has 0 spiro atoms. The van der Waals surface area contributed by atoms with Gasteiger partial charge in [0.2, 0.25) is 0 Å². The minimum Gasteiger partial charge on any atom is -0.756 e. The average Bonchev–Trinajstić information content (AvgIpc) is 3.13. The topological polar surface area (TPSA) is 111 Å². The van der Waals surface area contributed by atoms with Crippen molar-refractivity contribution in [1.82, 2.24) is 0 Å². The molecule has 324 valence electrons. The summed E-state index contributed by atoms with van der Waals surface area (Å²) in [6.07, 6.45) is 40.8. The molecule has 0 saturated heterocycles. The van der Waals surface area contributed by atoms with Gasteiger partial charge in [0.15, 0.2) is 6.10 Å². The summed E-state index contributed by atoms with van der Waals surface area (Å²) in [5.74, 6) is -0.904. The molecule has 0 aliphatic carbocycles. The maximum absolute atomic E-state index is 12.6. The molecule has 2 atom stereocenters. The minimum absolute atomic E-state index is 0.0380. The Balaban J connectivity index is 4.39. The lowest BCUT2D eigenvalue weighted by Crippen LogP contribution is -2.37. The van der Waals surface area contributed by atoms with E-state index in [-0.39, 0.29) is 26.1 Å². The Kier molecular flexibility index (Phi) is 37.0. The molecule has 0 aliphatic heterocycles. The van der Waals surface area contributed by atoms with Gasteiger partial charge in [-0.1, -0.05) is 179 Å². The lowest BCUT2D eigenvalue weighted by molar-refractivity contribution is -0.870. The number of unbranched alkanes of at least 4 members (excludes halogenated alkanes) is 23. The van der Waals surface area contributed by atoms with Crippen LogP contribution in [-0.4, -0.2) is 70.0 Å². The number of hydrogen-bond donors (Lipinski definition) is 0. The van der Waals surface area contributed by atoms with E-state index in [1.807, 2.05) is 33.3 Å². The summed E-state index contributed by atoms with van der Waals surface area (Å²) in [6, 6.07) is 0. The molecule has 0 aromatic heterocycles. The number of phosphoric acid groups is 1. The lowest BCUT2D eigenvalue weighted by Gasteiger charge is -2.28. The summed E-state index contributed by atoms with van der Waals surface area (Å²) >= 11 is 0. The van der Waals surface area contributed by atoms with Crippen LogP contribution in [-0.2, 0) is 32.7 Å². The van der Waals surface area contributed by atoms with Crippen LogP contribution in [0.2, 0.25) is 0 Å². The summed E-state index contributed by atoms with van der Waals surface area (Å²) < 4.78 is 33.8. The number of phosphoric ester groups is 1. The van der Waals surface area contributed by atoms with Gasteiger partial charge >= 0.3 is 11.9 Å². The minimum atomic E-state index is -4.63. The van der Waals surface area contributed by atoms with Crippen LogP contribution in [0.5, 0.6) is 0 Å². The Labute approximate surface area is 339 Å². The van der Waals surface area contributed by atoms with Crippen molar-refractivity contribution in [2.45, 2.75) is 206 Å². The molecule has 55 heavy (non-hydrogen) atoms. The van der Waals surface area contributed by atoms with Crippen molar-refractivity contribution in [2.24, 2.45) is 0 Å². The molecule has 0 radical (unpaired) electrons. The van der Waals surface area contributed by atoms with Crippen molar-refractivity contribution in [3.63, 3.8) is 0 Å². The Bertz CT molecular complexity index is 996. The fourth-order valence-corrected chi connectivity index (χ4v) is 6.91. The molecule has 0 saturated carbocycles. The number of allylic oxidation sites excluding steroid dienone is 4. The zero-order valence-corrected chi connectivity index (χ0v) is 37.3. The van der Waals surface area contributed by atoms with Crippen LogP contribution < -0.4 is 4.89 Å². The maximum atomic E-state index is 12.6. The molecule has 0 rings (SSSR count). The van der Waals surface area contributed by atoms with E-state index in [0.717, 1.165) is 32.1 Å². The Morgan fingerprint density at radius 3 is 1.51 bits per heavy atom. The van der Waals surface area contributed by atoms with Gasteiger partial charge in [0.25, 0.3) is 7.82 Å². The largest absolute Gasteiger partial charge is 0.756 e.